The molecule has 0 amide bonds. The van der Waals surface area contributed by atoms with Gasteiger partial charge < -0.3 is 4.74 Å². The fourth-order valence-electron chi connectivity index (χ4n) is 1.43. The zero-order valence-corrected chi connectivity index (χ0v) is 9.98. The van der Waals surface area contributed by atoms with Crippen LogP contribution in [0, 0.1) is 0 Å². The maximum Gasteiger partial charge on any atom is 0.330 e. The van der Waals surface area contributed by atoms with E-state index in [-0.39, 0.29) is 5.97 Å². The van der Waals surface area contributed by atoms with E-state index >= 15 is 0 Å². The third-order valence-electron chi connectivity index (χ3n) is 2.27. The number of hydrogen-bond donors (Lipinski definition) is 0. The molecule has 0 aliphatic heterocycles. The molecule has 0 saturated heterocycles. The van der Waals surface area contributed by atoms with Gasteiger partial charge in [-0.15, -0.1) is 0 Å². The van der Waals surface area contributed by atoms with Crippen LogP contribution in [0.4, 0.5) is 0 Å². The van der Waals surface area contributed by atoms with Crippen LogP contribution in [0.15, 0.2) is 43.0 Å². The smallest absolute Gasteiger partial charge is 0.330 e. The van der Waals surface area contributed by atoms with E-state index in [1.54, 1.807) is 24.0 Å². The Hall–Kier alpha value is -2.43. The van der Waals surface area contributed by atoms with Crippen LogP contribution in [0.5, 0.6) is 0 Å². The van der Waals surface area contributed by atoms with Crippen LogP contribution in [-0.4, -0.2) is 27.3 Å². The first kappa shape index (κ1) is 12.0. The summed E-state index contributed by atoms with van der Waals surface area (Å²) >= 11 is 0. The average molecular weight is 243 g/mol. The molecular weight excluding hydrogens is 230 g/mol. The fraction of sp³-hybridized carbons (Fsp3) is 0.154. The Kier molecular flexibility index (Phi) is 3.86. The Morgan fingerprint density at radius 2 is 2.17 bits per heavy atom. The summed E-state index contributed by atoms with van der Waals surface area (Å²) in [5.41, 5.74) is 1.84. The zero-order chi connectivity index (χ0) is 12.8. The van der Waals surface area contributed by atoms with Crippen LogP contribution < -0.4 is 0 Å². The fourth-order valence-corrected chi connectivity index (χ4v) is 1.43. The minimum absolute atomic E-state index is 0.335. The summed E-state index contributed by atoms with van der Waals surface area (Å²) in [5.74, 6) is -0.335. The molecule has 5 heteroatoms. The molecule has 0 N–H and O–H groups in total. The van der Waals surface area contributed by atoms with Gasteiger partial charge in [0, 0.05) is 6.08 Å². The van der Waals surface area contributed by atoms with E-state index in [0.29, 0.717) is 6.61 Å². The molecule has 2 aromatic rings. The Morgan fingerprint density at radius 1 is 1.39 bits per heavy atom. The van der Waals surface area contributed by atoms with Crippen LogP contribution in [0.25, 0.3) is 11.8 Å². The van der Waals surface area contributed by atoms with Gasteiger partial charge in [0.2, 0.25) is 0 Å². The molecule has 2 rings (SSSR count). The van der Waals surface area contributed by atoms with E-state index in [9.17, 15) is 4.79 Å². The molecule has 0 fully saturated rings. The van der Waals surface area contributed by atoms with Crippen molar-refractivity contribution in [1.82, 2.24) is 14.8 Å². The molecule has 5 nitrogen and oxygen atoms in total. The van der Waals surface area contributed by atoms with Gasteiger partial charge in [0.1, 0.15) is 12.7 Å². The number of nitrogens with zero attached hydrogens (tertiary/aromatic N) is 3. The van der Waals surface area contributed by atoms with Crippen molar-refractivity contribution in [3.05, 3.63) is 48.6 Å². The topological polar surface area (TPSA) is 57.0 Å². The lowest BCUT2D eigenvalue weighted by atomic mass is 10.2. The predicted molar refractivity (Wildman–Crippen MR) is 67.0 cm³/mol. The molecule has 0 atom stereocenters. The second-order valence-corrected chi connectivity index (χ2v) is 3.52. The quantitative estimate of drug-likeness (QED) is 0.607. The minimum atomic E-state index is -0.335. The standard InChI is InChI=1S/C13H13N3O2/c1-2-18-13(17)8-5-11-3-6-12(7-4-11)16-10-14-9-15-16/h3-10H,2H2,1H3/b8-5-. The molecule has 1 aromatic carbocycles. The van der Waals surface area contributed by atoms with E-state index in [1.807, 2.05) is 24.3 Å². The summed E-state index contributed by atoms with van der Waals surface area (Å²) < 4.78 is 6.46. The summed E-state index contributed by atoms with van der Waals surface area (Å²) in [5, 5.41) is 4.03. The largest absolute Gasteiger partial charge is 0.463 e. The summed E-state index contributed by atoms with van der Waals surface area (Å²) in [6, 6.07) is 7.60. The summed E-state index contributed by atoms with van der Waals surface area (Å²) in [6.07, 6.45) is 6.23. The van der Waals surface area contributed by atoms with Crippen LogP contribution in [-0.2, 0) is 9.53 Å². The lowest BCUT2D eigenvalue weighted by molar-refractivity contribution is -0.137. The van der Waals surface area contributed by atoms with Gasteiger partial charge in [0.25, 0.3) is 0 Å². The molecule has 0 saturated carbocycles. The SMILES string of the molecule is CCOC(=O)/C=C\c1ccc(-n2cncn2)cc1. The number of benzene rings is 1. The maximum atomic E-state index is 11.1. The molecule has 1 heterocycles. The second-order valence-electron chi connectivity index (χ2n) is 3.52. The van der Waals surface area contributed by atoms with Crippen LogP contribution in [0.3, 0.4) is 0 Å². The average Bonchev–Trinajstić information content (AvgIpc) is 2.91. The Bertz CT molecular complexity index is 530. The molecular formula is C13H13N3O2. The van der Waals surface area contributed by atoms with E-state index in [4.69, 9.17) is 4.74 Å². The van der Waals surface area contributed by atoms with Crippen LogP contribution in [0.1, 0.15) is 12.5 Å². The normalized spacial score (nSPS) is 10.7. The number of carbonyl (C=O) groups is 1. The van der Waals surface area contributed by atoms with Crippen LogP contribution >= 0.6 is 0 Å². The van der Waals surface area contributed by atoms with Gasteiger partial charge in [-0.1, -0.05) is 12.1 Å². The maximum absolute atomic E-state index is 11.1. The molecule has 92 valence electrons. The highest BCUT2D eigenvalue weighted by atomic mass is 16.5. The summed E-state index contributed by atoms with van der Waals surface area (Å²) in [6.45, 7) is 2.16. The van der Waals surface area contributed by atoms with Crippen molar-refractivity contribution in [2.24, 2.45) is 0 Å². The number of carbonyl (C=O) groups excluding carboxylic acids is 1. The lowest BCUT2D eigenvalue weighted by Gasteiger charge is -2.00. The molecule has 0 spiro atoms. The molecule has 1 aromatic heterocycles. The highest BCUT2D eigenvalue weighted by Gasteiger charge is 1.97. The van der Waals surface area contributed by atoms with Crippen molar-refractivity contribution < 1.29 is 9.53 Å². The Balaban J connectivity index is 2.06. The van der Waals surface area contributed by atoms with Crippen LogP contribution in [0.2, 0.25) is 0 Å². The van der Waals surface area contributed by atoms with E-state index in [0.717, 1.165) is 11.3 Å². The highest BCUT2D eigenvalue weighted by molar-refractivity contribution is 5.87. The van der Waals surface area contributed by atoms with Crippen molar-refractivity contribution in [2.45, 2.75) is 6.92 Å². The molecule has 0 aliphatic rings. The highest BCUT2D eigenvalue weighted by Crippen LogP contribution is 2.09. The zero-order valence-electron chi connectivity index (χ0n) is 9.98. The third-order valence-corrected chi connectivity index (χ3v) is 2.27. The van der Waals surface area contributed by atoms with Gasteiger partial charge in [0.15, 0.2) is 0 Å². The summed E-state index contributed by atoms with van der Waals surface area (Å²) in [7, 11) is 0. The number of rotatable bonds is 4. The van der Waals surface area contributed by atoms with Crippen molar-refractivity contribution in [3.8, 4) is 5.69 Å². The molecule has 0 aliphatic carbocycles. The third kappa shape index (κ3) is 3.04. The first-order valence-electron chi connectivity index (χ1n) is 5.59. The monoisotopic (exact) mass is 243 g/mol. The second kappa shape index (κ2) is 5.77. The van der Waals surface area contributed by atoms with E-state index < -0.39 is 0 Å². The number of aromatic nitrogens is 3. The molecule has 18 heavy (non-hydrogen) atoms. The van der Waals surface area contributed by atoms with Gasteiger partial charge in [0.05, 0.1) is 12.3 Å². The number of ether oxygens (including phenoxy) is 1. The molecule has 0 bridgehead atoms. The van der Waals surface area contributed by atoms with E-state index in [2.05, 4.69) is 10.1 Å². The number of esters is 1. The first-order chi connectivity index (χ1) is 8.79. The number of hydrogen-bond acceptors (Lipinski definition) is 4. The van der Waals surface area contributed by atoms with Gasteiger partial charge in [-0.2, -0.15) is 5.10 Å². The van der Waals surface area contributed by atoms with Gasteiger partial charge in [-0.05, 0) is 30.7 Å². The van der Waals surface area contributed by atoms with Crippen molar-refractivity contribution in [3.63, 3.8) is 0 Å². The van der Waals surface area contributed by atoms with E-state index in [1.165, 1.54) is 12.4 Å². The molecule has 0 radical (unpaired) electrons. The Labute approximate surface area is 105 Å². The van der Waals surface area contributed by atoms with Crippen molar-refractivity contribution in [2.75, 3.05) is 6.61 Å². The van der Waals surface area contributed by atoms with Gasteiger partial charge >= 0.3 is 5.97 Å². The molecule has 0 unspecified atom stereocenters. The van der Waals surface area contributed by atoms with Gasteiger partial charge in [-0.3, -0.25) is 0 Å². The van der Waals surface area contributed by atoms with Crippen molar-refractivity contribution >= 4 is 12.0 Å². The minimum Gasteiger partial charge on any atom is -0.463 e. The van der Waals surface area contributed by atoms with Crippen molar-refractivity contribution in [1.29, 1.82) is 0 Å². The predicted octanol–water partition coefficient (Wildman–Crippen LogP) is 1.84. The summed E-state index contributed by atoms with van der Waals surface area (Å²) in [4.78, 5) is 15.0. The Morgan fingerprint density at radius 3 is 2.78 bits per heavy atom. The van der Waals surface area contributed by atoms with Gasteiger partial charge in [-0.25, -0.2) is 14.5 Å². The lowest BCUT2D eigenvalue weighted by Crippen LogP contribution is -1.98. The first-order valence-corrected chi connectivity index (χ1v) is 5.59.